The Bertz CT molecular complexity index is 1380. The summed E-state index contributed by atoms with van der Waals surface area (Å²) in [5.41, 5.74) is 1.97. The van der Waals surface area contributed by atoms with Crippen LogP contribution in [-0.4, -0.2) is 78.7 Å². The maximum atomic E-state index is 15.8. The number of hydrogen-bond acceptors (Lipinski definition) is 5. The summed E-state index contributed by atoms with van der Waals surface area (Å²) in [5, 5.41) is 3.87. The number of ether oxygens (including phenoxy) is 1. The van der Waals surface area contributed by atoms with E-state index in [4.69, 9.17) is 4.74 Å². The first-order valence-electron chi connectivity index (χ1n) is 13.4. The van der Waals surface area contributed by atoms with Crippen LogP contribution in [0.15, 0.2) is 30.3 Å². The highest BCUT2D eigenvalue weighted by molar-refractivity contribution is 5.96. The quantitative estimate of drug-likeness (QED) is 0.259. The fourth-order valence-electron chi connectivity index (χ4n) is 5.98. The highest BCUT2D eigenvalue weighted by Gasteiger charge is 2.42. The van der Waals surface area contributed by atoms with Gasteiger partial charge in [-0.2, -0.15) is 0 Å². The number of benzene rings is 2. The number of methoxy groups -OCH3 is 1. The summed E-state index contributed by atoms with van der Waals surface area (Å²) in [6, 6.07) is 5.70. The van der Waals surface area contributed by atoms with Crippen LogP contribution in [0, 0.1) is 11.6 Å². The second-order valence-electron chi connectivity index (χ2n) is 11.0. The molecule has 5 rings (SSSR count). The molecule has 1 saturated heterocycles. The number of halogens is 5. The van der Waals surface area contributed by atoms with E-state index < -0.39 is 48.8 Å². The first-order chi connectivity index (χ1) is 19.0. The molecule has 0 saturated carbocycles. The molecule has 11 heteroatoms. The highest BCUT2D eigenvalue weighted by atomic mass is 19.3. The molecule has 3 aromatic rings. The molecule has 0 bridgehead atoms. The summed E-state index contributed by atoms with van der Waals surface area (Å²) in [6.07, 6.45) is 0.820. The zero-order valence-electron chi connectivity index (χ0n) is 22.7. The van der Waals surface area contributed by atoms with Gasteiger partial charge in [0.15, 0.2) is 0 Å². The third-order valence-corrected chi connectivity index (χ3v) is 7.78. The molecule has 40 heavy (non-hydrogen) atoms. The molecule has 3 heterocycles. The molecule has 2 N–H and O–H groups in total. The zero-order chi connectivity index (χ0) is 28.8. The fraction of sp³-hybridized carbons (Fsp3) is 0.483. The maximum Gasteiger partial charge on any atom is 0.337 e. The van der Waals surface area contributed by atoms with Crippen LogP contribution in [0.3, 0.4) is 0 Å². The van der Waals surface area contributed by atoms with Gasteiger partial charge in [0.25, 0.3) is 5.92 Å². The Balaban J connectivity index is 1.53. The molecule has 2 aromatic carbocycles. The Hall–Kier alpha value is -3.18. The SMILES string of the molecule is COC(=O)c1ccc2c3c([nH]c2c1)[C@H](c1c(F)cc(NC2CN(CCCF)C2)cc1F)N(CC(C)(F)F)[C@@H](C)C3. The molecule has 1 fully saturated rings. The van der Waals surface area contributed by atoms with E-state index in [1.807, 2.05) is 4.90 Å². The number of aromatic nitrogens is 1. The van der Waals surface area contributed by atoms with Crippen LogP contribution in [0.1, 0.15) is 53.5 Å². The number of anilines is 1. The van der Waals surface area contributed by atoms with E-state index in [0.717, 1.165) is 17.9 Å². The number of carbonyl (C=O) groups excluding carboxylic acids is 1. The van der Waals surface area contributed by atoms with Crippen LogP contribution >= 0.6 is 0 Å². The van der Waals surface area contributed by atoms with Gasteiger partial charge in [0.1, 0.15) is 11.6 Å². The van der Waals surface area contributed by atoms with Crippen molar-refractivity contribution >= 4 is 22.6 Å². The third-order valence-electron chi connectivity index (χ3n) is 7.78. The van der Waals surface area contributed by atoms with Crippen molar-refractivity contribution in [2.75, 3.05) is 45.3 Å². The normalized spacial score (nSPS) is 20.4. The number of carbonyl (C=O) groups is 1. The van der Waals surface area contributed by atoms with Crippen molar-refractivity contribution in [3.05, 3.63) is 64.4 Å². The molecule has 1 aromatic heterocycles. The van der Waals surface area contributed by atoms with Gasteiger partial charge < -0.3 is 15.0 Å². The molecule has 0 radical (unpaired) electrons. The Morgan fingerprint density at radius 2 is 1.88 bits per heavy atom. The van der Waals surface area contributed by atoms with E-state index in [2.05, 4.69) is 10.3 Å². The van der Waals surface area contributed by atoms with Gasteiger partial charge in [-0.3, -0.25) is 14.2 Å². The maximum absolute atomic E-state index is 15.8. The molecule has 0 amide bonds. The van der Waals surface area contributed by atoms with Crippen LogP contribution in [-0.2, 0) is 11.2 Å². The predicted octanol–water partition coefficient (Wildman–Crippen LogP) is 5.68. The van der Waals surface area contributed by atoms with Crippen molar-refractivity contribution in [2.45, 2.75) is 50.7 Å². The van der Waals surface area contributed by atoms with Gasteiger partial charge in [0.2, 0.25) is 0 Å². The van der Waals surface area contributed by atoms with Gasteiger partial charge in [0, 0.05) is 60.4 Å². The van der Waals surface area contributed by atoms with E-state index in [0.29, 0.717) is 49.2 Å². The van der Waals surface area contributed by atoms with Gasteiger partial charge in [-0.1, -0.05) is 6.07 Å². The molecule has 2 atom stereocenters. The lowest BCUT2D eigenvalue weighted by atomic mass is 9.87. The number of aromatic amines is 1. The lowest BCUT2D eigenvalue weighted by Crippen LogP contribution is -2.54. The second kappa shape index (κ2) is 11.0. The van der Waals surface area contributed by atoms with Crippen molar-refractivity contribution in [1.82, 2.24) is 14.8 Å². The first kappa shape index (κ1) is 28.4. The largest absolute Gasteiger partial charge is 0.465 e. The van der Waals surface area contributed by atoms with E-state index in [9.17, 15) is 18.0 Å². The van der Waals surface area contributed by atoms with Crippen LogP contribution in [0.2, 0.25) is 0 Å². The first-order valence-corrected chi connectivity index (χ1v) is 13.4. The fourth-order valence-corrected chi connectivity index (χ4v) is 5.98. The summed E-state index contributed by atoms with van der Waals surface area (Å²) < 4.78 is 77.5. The molecule has 216 valence electrons. The smallest absolute Gasteiger partial charge is 0.337 e. The lowest BCUT2D eigenvalue weighted by Gasteiger charge is -2.42. The Kier molecular flexibility index (Phi) is 7.80. The summed E-state index contributed by atoms with van der Waals surface area (Å²) in [6.45, 7) is 3.36. The Morgan fingerprint density at radius 1 is 1.18 bits per heavy atom. The van der Waals surface area contributed by atoms with E-state index in [-0.39, 0.29) is 17.3 Å². The van der Waals surface area contributed by atoms with E-state index in [1.165, 1.54) is 24.1 Å². The van der Waals surface area contributed by atoms with Gasteiger partial charge in [0.05, 0.1) is 38.0 Å². The minimum absolute atomic E-state index is 0.0291. The van der Waals surface area contributed by atoms with Crippen molar-refractivity contribution in [3.8, 4) is 0 Å². The van der Waals surface area contributed by atoms with Gasteiger partial charge in [-0.15, -0.1) is 0 Å². The number of H-pyrrole nitrogens is 1. The van der Waals surface area contributed by atoms with Crippen molar-refractivity contribution in [1.29, 1.82) is 0 Å². The standard InChI is InChI=1S/C29H33F5N4O2/c1-16-9-21-20-6-5-17(28(39)40-3)10-24(20)36-26(21)27(38(16)15-29(2,33)34)25-22(31)11-18(12-23(25)32)35-19-13-37(14-19)8-4-7-30/h5-6,10-12,16,19,27,35-36H,4,7-9,13-15H2,1-3H3/t16-,27-/m0/s1. The second-order valence-corrected chi connectivity index (χ2v) is 11.0. The average molecular weight is 565 g/mol. The van der Waals surface area contributed by atoms with Crippen LogP contribution in [0.4, 0.5) is 27.6 Å². The van der Waals surface area contributed by atoms with Gasteiger partial charge in [-0.05, 0) is 49.6 Å². The third kappa shape index (κ3) is 5.54. The Labute approximate surface area is 229 Å². The molecule has 6 nitrogen and oxygen atoms in total. The number of rotatable bonds is 9. The minimum Gasteiger partial charge on any atom is -0.465 e. The number of hydrogen-bond donors (Lipinski definition) is 2. The zero-order valence-corrected chi connectivity index (χ0v) is 22.7. The minimum atomic E-state index is -3.11. The van der Waals surface area contributed by atoms with Crippen molar-refractivity contribution < 1.29 is 31.5 Å². The van der Waals surface area contributed by atoms with Crippen LogP contribution in [0.5, 0.6) is 0 Å². The number of esters is 1. The predicted molar refractivity (Wildman–Crippen MR) is 143 cm³/mol. The molecule has 2 aliphatic rings. The summed E-state index contributed by atoms with van der Waals surface area (Å²) in [7, 11) is 1.27. The summed E-state index contributed by atoms with van der Waals surface area (Å²) >= 11 is 0. The average Bonchev–Trinajstić information content (AvgIpc) is 3.22. The molecule has 2 aliphatic heterocycles. The summed E-state index contributed by atoms with van der Waals surface area (Å²) in [4.78, 5) is 18.8. The summed E-state index contributed by atoms with van der Waals surface area (Å²) in [5.74, 6) is -5.34. The molecule has 0 aliphatic carbocycles. The Morgan fingerprint density at radius 3 is 2.50 bits per heavy atom. The van der Waals surface area contributed by atoms with Gasteiger partial charge in [-0.25, -0.2) is 22.4 Å². The topological polar surface area (TPSA) is 60.6 Å². The lowest BCUT2D eigenvalue weighted by molar-refractivity contribution is -0.0374. The highest BCUT2D eigenvalue weighted by Crippen LogP contribution is 2.44. The molecular weight excluding hydrogens is 531 g/mol. The number of fused-ring (bicyclic) bond motifs is 3. The molecule has 0 unspecified atom stereocenters. The van der Waals surface area contributed by atoms with E-state index in [1.54, 1.807) is 25.1 Å². The van der Waals surface area contributed by atoms with Gasteiger partial charge >= 0.3 is 5.97 Å². The number of alkyl halides is 3. The van der Waals surface area contributed by atoms with Crippen LogP contribution < -0.4 is 5.32 Å². The van der Waals surface area contributed by atoms with Crippen molar-refractivity contribution in [2.24, 2.45) is 0 Å². The monoisotopic (exact) mass is 564 g/mol. The number of nitrogens with one attached hydrogen (secondary N) is 2. The molecular formula is C29H33F5N4O2. The molecule has 0 spiro atoms. The number of likely N-dealkylation sites (tertiary alicyclic amines) is 1. The van der Waals surface area contributed by atoms with Crippen LogP contribution in [0.25, 0.3) is 10.9 Å². The van der Waals surface area contributed by atoms with E-state index >= 15 is 8.78 Å². The van der Waals surface area contributed by atoms with Crippen molar-refractivity contribution in [3.63, 3.8) is 0 Å². The number of nitrogens with zero attached hydrogens (tertiary/aromatic N) is 2.